The van der Waals surface area contributed by atoms with Gasteiger partial charge < -0.3 is 4.57 Å². The number of hydrogen-bond donors (Lipinski definition) is 0. The first kappa shape index (κ1) is 15.7. The second-order valence-corrected chi connectivity index (χ2v) is 6.88. The van der Waals surface area contributed by atoms with Crippen molar-refractivity contribution in [1.29, 1.82) is 0 Å². The number of nitrogens with zero attached hydrogens (tertiary/aromatic N) is 2. The summed E-state index contributed by atoms with van der Waals surface area (Å²) in [5.41, 5.74) is 1.94. The van der Waals surface area contributed by atoms with Crippen LogP contribution in [-0.2, 0) is 17.8 Å². The molecule has 0 spiro atoms. The molecule has 1 aromatic heterocycles. The van der Waals surface area contributed by atoms with E-state index in [0.29, 0.717) is 11.3 Å². The molecule has 0 fully saturated rings. The molecule has 0 N–H and O–H groups in total. The molecular weight excluding hydrogens is 372 g/mol. The number of terminal acetylenes is 1. The summed E-state index contributed by atoms with van der Waals surface area (Å²) in [5, 5.41) is 0. The van der Waals surface area contributed by atoms with Gasteiger partial charge in [-0.05, 0) is 23.8 Å². The van der Waals surface area contributed by atoms with Crippen molar-refractivity contribution in [3.8, 4) is 12.3 Å². The molecule has 0 radical (unpaired) electrons. The van der Waals surface area contributed by atoms with Crippen LogP contribution in [0.15, 0.2) is 58.0 Å². The lowest BCUT2D eigenvalue weighted by molar-refractivity contribution is -0.117. The Balaban J connectivity index is 2.02. The van der Waals surface area contributed by atoms with Crippen molar-refractivity contribution in [2.75, 3.05) is 0 Å². The Morgan fingerprint density at radius 2 is 2.04 bits per heavy atom. The van der Waals surface area contributed by atoms with Crippen LogP contribution in [0.1, 0.15) is 5.56 Å². The van der Waals surface area contributed by atoms with E-state index in [2.05, 4.69) is 26.8 Å². The monoisotopic (exact) mass is 384 g/mol. The number of benzene rings is 2. The van der Waals surface area contributed by atoms with E-state index in [1.165, 1.54) is 11.3 Å². The predicted molar refractivity (Wildman–Crippen MR) is 97.1 cm³/mol. The molecule has 0 aliphatic heterocycles. The van der Waals surface area contributed by atoms with Crippen LogP contribution < -0.4 is 4.80 Å². The van der Waals surface area contributed by atoms with Crippen molar-refractivity contribution in [2.24, 2.45) is 4.99 Å². The maximum atomic E-state index is 12.2. The van der Waals surface area contributed by atoms with Crippen LogP contribution >= 0.6 is 27.3 Å². The maximum Gasteiger partial charge on any atom is 0.252 e. The summed E-state index contributed by atoms with van der Waals surface area (Å²) < 4.78 is 3.93. The maximum absolute atomic E-state index is 12.2. The number of carbonyl (C=O) groups is 1. The highest BCUT2D eigenvalue weighted by atomic mass is 79.9. The second kappa shape index (κ2) is 6.95. The fourth-order valence-corrected chi connectivity index (χ4v) is 3.89. The van der Waals surface area contributed by atoms with Gasteiger partial charge in [-0.3, -0.25) is 4.79 Å². The van der Waals surface area contributed by atoms with E-state index in [-0.39, 0.29) is 12.3 Å². The fourth-order valence-electron chi connectivity index (χ4n) is 2.29. The smallest absolute Gasteiger partial charge is 0.252 e. The quantitative estimate of drug-likeness (QED) is 0.632. The number of thiazole rings is 1. The first-order valence-corrected chi connectivity index (χ1v) is 8.62. The first-order chi connectivity index (χ1) is 11.2. The zero-order valence-corrected chi connectivity index (χ0v) is 14.6. The molecule has 2 aromatic carbocycles. The van der Waals surface area contributed by atoms with E-state index in [0.717, 1.165) is 20.3 Å². The largest absolute Gasteiger partial charge is 0.305 e. The Labute approximate surface area is 146 Å². The molecule has 0 atom stereocenters. The van der Waals surface area contributed by atoms with Gasteiger partial charge in [0.05, 0.1) is 23.2 Å². The number of carbonyl (C=O) groups excluding carboxylic acids is 1. The third kappa shape index (κ3) is 3.61. The molecule has 23 heavy (non-hydrogen) atoms. The Kier molecular flexibility index (Phi) is 4.75. The summed E-state index contributed by atoms with van der Waals surface area (Å²) in [6, 6.07) is 15.5. The molecule has 3 nitrogen and oxygen atoms in total. The van der Waals surface area contributed by atoms with Crippen LogP contribution in [0.3, 0.4) is 0 Å². The van der Waals surface area contributed by atoms with Crippen molar-refractivity contribution in [1.82, 2.24) is 4.57 Å². The molecule has 0 aliphatic carbocycles. The normalized spacial score (nSPS) is 11.6. The molecular formula is C18H13BrN2OS. The number of amides is 1. The summed E-state index contributed by atoms with van der Waals surface area (Å²) in [6.45, 7) is 0.388. The van der Waals surface area contributed by atoms with E-state index in [1.54, 1.807) is 0 Å². The zero-order valence-electron chi connectivity index (χ0n) is 12.2. The molecule has 5 heteroatoms. The third-order valence-electron chi connectivity index (χ3n) is 3.31. The number of halogens is 1. The van der Waals surface area contributed by atoms with Crippen LogP contribution in [-0.4, -0.2) is 10.5 Å². The van der Waals surface area contributed by atoms with Gasteiger partial charge in [0.2, 0.25) is 0 Å². The van der Waals surface area contributed by atoms with Crippen molar-refractivity contribution >= 4 is 43.4 Å². The van der Waals surface area contributed by atoms with Crippen LogP contribution in [0.25, 0.3) is 10.2 Å². The van der Waals surface area contributed by atoms with Gasteiger partial charge in [-0.1, -0.05) is 63.5 Å². The molecule has 3 rings (SSSR count). The highest BCUT2D eigenvalue weighted by Crippen LogP contribution is 2.22. The molecule has 0 saturated carbocycles. The Hall–Kier alpha value is -2.16. The molecule has 0 bridgehead atoms. The summed E-state index contributed by atoms with van der Waals surface area (Å²) in [4.78, 5) is 17.2. The highest BCUT2D eigenvalue weighted by Gasteiger charge is 2.08. The van der Waals surface area contributed by atoms with Crippen molar-refractivity contribution in [3.63, 3.8) is 0 Å². The summed E-state index contributed by atoms with van der Waals surface area (Å²) in [7, 11) is 0. The number of rotatable bonds is 3. The van der Waals surface area contributed by atoms with E-state index < -0.39 is 0 Å². The molecule has 1 amide bonds. The van der Waals surface area contributed by atoms with Gasteiger partial charge in [0.15, 0.2) is 4.80 Å². The SMILES string of the molecule is C#CCn1c(=NC(=O)Cc2ccccc2)sc2cc(Br)ccc21. The summed E-state index contributed by atoms with van der Waals surface area (Å²) in [5.74, 6) is 2.45. The number of fused-ring (bicyclic) bond motifs is 1. The van der Waals surface area contributed by atoms with Crippen molar-refractivity contribution in [2.45, 2.75) is 13.0 Å². The minimum absolute atomic E-state index is 0.174. The molecule has 0 unspecified atom stereocenters. The van der Waals surface area contributed by atoms with Gasteiger partial charge in [0, 0.05) is 4.47 Å². The summed E-state index contributed by atoms with van der Waals surface area (Å²) in [6.07, 6.45) is 5.75. The van der Waals surface area contributed by atoms with E-state index in [9.17, 15) is 4.79 Å². The lowest BCUT2D eigenvalue weighted by Gasteiger charge is -2.00. The molecule has 3 aromatic rings. The van der Waals surface area contributed by atoms with Gasteiger partial charge in [-0.25, -0.2) is 0 Å². The molecule has 0 saturated heterocycles. The number of aromatic nitrogens is 1. The van der Waals surface area contributed by atoms with Gasteiger partial charge in [-0.15, -0.1) is 6.42 Å². The minimum atomic E-state index is -0.174. The first-order valence-electron chi connectivity index (χ1n) is 7.01. The fraction of sp³-hybridized carbons (Fsp3) is 0.111. The topological polar surface area (TPSA) is 34.4 Å². The predicted octanol–water partition coefficient (Wildman–Crippen LogP) is 3.77. The standard InChI is InChI=1S/C18H13BrN2OS/c1-2-10-21-15-9-8-14(19)12-16(15)23-18(21)20-17(22)11-13-6-4-3-5-7-13/h1,3-9,12H,10-11H2. The van der Waals surface area contributed by atoms with Crippen LogP contribution in [0, 0.1) is 12.3 Å². The van der Waals surface area contributed by atoms with Crippen molar-refractivity contribution in [3.05, 3.63) is 63.4 Å². The molecule has 0 aliphatic rings. The van der Waals surface area contributed by atoms with Crippen LogP contribution in [0.2, 0.25) is 0 Å². The third-order valence-corrected chi connectivity index (χ3v) is 4.85. The molecule has 114 valence electrons. The number of hydrogen-bond acceptors (Lipinski definition) is 2. The highest BCUT2D eigenvalue weighted by molar-refractivity contribution is 9.10. The Morgan fingerprint density at radius 3 is 2.78 bits per heavy atom. The van der Waals surface area contributed by atoms with Crippen LogP contribution in [0.4, 0.5) is 0 Å². The van der Waals surface area contributed by atoms with Crippen molar-refractivity contribution < 1.29 is 4.79 Å². The van der Waals surface area contributed by atoms with E-state index >= 15 is 0 Å². The molecule has 1 heterocycles. The Morgan fingerprint density at radius 1 is 1.26 bits per heavy atom. The van der Waals surface area contributed by atoms with Gasteiger partial charge in [0.25, 0.3) is 5.91 Å². The average Bonchev–Trinajstić information content (AvgIpc) is 2.85. The summed E-state index contributed by atoms with van der Waals surface area (Å²) >= 11 is 4.93. The van der Waals surface area contributed by atoms with Gasteiger partial charge in [0.1, 0.15) is 0 Å². The minimum Gasteiger partial charge on any atom is -0.305 e. The lowest BCUT2D eigenvalue weighted by Crippen LogP contribution is -2.17. The second-order valence-electron chi connectivity index (χ2n) is 4.95. The Bertz CT molecular complexity index is 964. The van der Waals surface area contributed by atoms with E-state index in [4.69, 9.17) is 6.42 Å². The lowest BCUT2D eigenvalue weighted by atomic mass is 10.1. The van der Waals surface area contributed by atoms with Crippen LogP contribution in [0.5, 0.6) is 0 Å². The van der Waals surface area contributed by atoms with E-state index in [1.807, 2.05) is 53.1 Å². The average molecular weight is 385 g/mol. The zero-order chi connectivity index (χ0) is 16.2. The van der Waals surface area contributed by atoms with Gasteiger partial charge >= 0.3 is 0 Å². The van der Waals surface area contributed by atoms with Gasteiger partial charge in [-0.2, -0.15) is 4.99 Å².